The van der Waals surface area contributed by atoms with Gasteiger partial charge in [0.25, 0.3) is 0 Å². The molecule has 29 heavy (non-hydrogen) atoms. The van der Waals surface area contributed by atoms with E-state index < -0.39 is 5.76 Å². The van der Waals surface area contributed by atoms with Crippen molar-refractivity contribution in [3.63, 3.8) is 0 Å². The van der Waals surface area contributed by atoms with Crippen molar-refractivity contribution in [2.24, 2.45) is 0 Å². The second-order valence-electron chi connectivity index (χ2n) is 6.75. The number of halogens is 2. The summed E-state index contributed by atoms with van der Waals surface area (Å²) in [6.45, 7) is 2.36. The number of benzene rings is 2. The number of piperazine rings is 1. The average molecular weight is 436 g/mol. The third-order valence-electron chi connectivity index (χ3n) is 5.06. The summed E-state index contributed by atoms with van der Waals surface area (Å²) in [4.78, 5) is 28.8. The topological polar surface area (TPSA) is 67.9 Å². The Labute approximate surface area is 177 Å². The molecule has 0 bridgehead atoms. The first-order valence-electron chi connectivity index (χ1n) is 9.11. The van der Waals surface area contributed by atoms with E-state index in [2.05, 4.69) is 4.90 Å². The predicted molar refractivity (Wildman–Crippen MR) is 112 cm³/mol. The highest BCUT2D eigenvalue weighted by molar-refractivity contribution is 6.32. The zero-order valence-corrected chi connectivity index (χ0v) is 17.2. The molecule has 0 spiro atoms. The van der Waals surface area contributed by atoms with Crippen LogP contribution < -0.4 is 15.4 Å². The molecule has 1 fully saturated rings. The SMILES string of the molecule is COc1cc(N2CCN(C(=O)Cn3c(=O)oc4ccc(Cl)cc43)CC2)ccc1Cl. The molecule has 7 nitrogen and oxygen atoms in total. The van der Waals surface area contributed by atoms with Gasteiger partial charge in [-0.1, -0.05) is 23.2 Å². The van der Waals surface area contributed by atoms with E-state index in [1.54, 1.807) is 36.3 Å². The van der Waals surface area contributed by atoms with E-state index in [-0.39, 0.29) is 12.5 Å². The van der Waals surface area contributed by atoms with Crippen molar-refractivity contribution in [1.29, 1.82) is 0 Å². The summed E-state index contributed by atoms with van der Waals surface area (Å²) in [6.07, 6.45) is 0. The van der Waals surface area contributed by atoms with Gasteiger partial charge in [-0.15, -0.1) is 0 Å². The van der Waals surface area contributed by atoms with E-state index in [0.29, 0.717) is 53.1 Å². The number of ether oxygens (including phenoxy) is 1. The number of anilines is 1. The first kappa shape index (κ1) is 19.7. The lowest BCUT2D eigenvalue weighted by molar-refractivity contribution is -0.132. The fraction of sp³-hybridized carbons (Fsp3) is 0.300. The minimum Gasteiger partial charge on any atom is -0.495 e. The van der Waals surface area contributed by atoms with Crippen LogP contribution in [0.15, 0.2) is 45.6 Å². The van der Waals surface area contributed by atoms with Gasteiger partial charge < -0.3 is 19.0 Å². The molecule has 1 aliphatic rings. The first-order valence-corrected chi connectivity index (χ1v) is 9.87. The number of hydrogen-bond donors (Lipinski definition) is 0. The number of methoxy groups -OCH3 is 1. The number of carbonyl (C=O) groups is 1. The van der Waals surface area contributed by atoms with Crippen molar-refractivity contribution < 1.29 is 13.9 Å². The maximum atomic E-state index is 12.8. The molecule has 3 aromatic rings. The van der Waals surface area contributed by atoms with Crippen LogP contribution in [0.1, 0.15) is 0 Å². The Morgan fingerprint density at radius 3 is 2.59 bits per heavy atom. The molecule has 0 atom stereocenters. The Kier molecular flexibility index (Phi) is 5.43. The molecule has 152 valence electrons. The van der Waals surface area contributed by atoms with Crippen LogP contribution in [0.2, 0.25) is 10.0 Å². The van der Waals surface area contributed by atoms with Crippen LogP contribution >= 0.6 is 23.2 Å². The number of nitrogens with zero attached hydrogens (tertiary/aromatic N) is 3. The summed E-state index contributed by atoms with van der Waals surface area (Å²) in [5.74, 6) is -0.0850. The number of oxazole rings is 1. The van der Waals surface area contributed by atoms with Crippen molar-refractivity contribution in [2.75, 3.05) is 38.2 Å². The molecule has 2 aromatic carbocycles. The molecule has 0 saturated carbocycles. The van der Waals surface area contributed by atoms with Gasteiger partial charge in [-0.05, 0) is 30.3 Å². The van der Waals surface area contributed by atoms with Crippen LogP contribution in [0.3, 0.4) is 0 Å². The number of aromatic nitrogens is 1. The Bertz CT molecular complexity index is 1120. The summed E-state index contributed by atoms with van der Waals surface area (Å²) in [6, 6.07) is 10.5. The largest absolute Gasteiger partial charge is 0.495 e. The van der Waals surface area contributed by atoms with Gasteiger partial charge in [0.05, 0.1) is 17.6 Å². The van der Waals surface area contributed by atoms with Crippen LogP contribution in [0.5, 0.6) is 5.75 Å². The predicted octanol–water partition coefficient (Wildman–Crippen LogP) is 3.26. The maximum absolute atomic E-state index is 12.8. The molecule has 1 amide bonds. The number of hydrogen-bond acceptors (Lipinski definition) is 5. The molecule has 0 N–H and O–H groups in total. The van der Waals surface area contributed by atoms with Gasteiger partial charge in [0.2, 0.25) is 5.91 Å². The molecule has 1 saturated heterocycles. The minimum atomic E-state index is -0.567. The third kappa shape index (κ3) is 3.93. The maximum Gasteiger partial charge on any atom is 0.420 e. The van der Waals surface area contributed by atoms with E-state index in [4.69, 9.17) is 32.4 Å². The standard InChI is InChI=1S/C20H19Cl2N3O4/c1-28-18-11-14(3-4-15(18)22)23-6-8-24(9-7-23)19(26)12-25-16-10-13(21)2-5-17(16)29-20(25)27/h2-5,10-11H,6-9,12H2,1H3. The normalized spacial score (nSPS) is 14.4. The Morgan fingerprint density at radius 2 is 1.86 bits per heavy atom. The second-order valence-corrected chi connectivity index (χ2v) is 7.60. The minimum absolute atomic E-state index is 0.0824. The van der Waals surface area contributed by atoms with Crippen LogP contribution in [0, 0.1) is 0 Å². The van der Waals surface area contributed by atoms with Crippen molar-refractivity contribution in [2.45, 2.75) is 6.54 Å². The number of amides is 1. The lowest BCUT2D eigenvalue weighted by atomic mass is 10.2. The molecule has 2 heterocycles. The Morgan fingerprint density at radius 1 is 1.10 bits per heavy atom. The third-order valence-corrected chi connectivity index (χ3v) is 5.60. The van der Waals surface area contributed by atoms with Gasteiger partial charge in [0.1, 0.15) is 12.3 Å². The van der Waals surface area contributed by atoms with Crippen LogP contribution in [0.25, 0.3) is 11.1 Å². The molecular formula is C20H19Cl2N3O4. The lowest BCUT2D eigenvalue weighted by Gasteiger charge is -2.36. The monoisotopic (exact) mass is 435 g/mol. The van der Waals surface area contributed by atoms with Crippen molar-refractivity contribution >= 4 is 45.9 Å². The summed E-state index contributed by atoms with van der Waals surface area (Å²) >= 11 is 12.1. The fourth-order valence-electron chi connectivity index (χ4n) is 3.48. The molecular weight excluding hydrogens is 417 g/mol. The van der Waals surface area contributed by atoms with E-state index in [9.17, 15) is 9.59 Å². The van der Waals surface area contributed by atoms with E-state index in [0.717, 1.165) is 5.69 Å². The summed E-state index contributed by atoms with van der Waals surface area (Å²) in [5.41, 5.74) is 1.92. The van der Waals surface area contributed by atoms with Crippen LogP contribution in [-0.2, 0) is 11.3 Å². The molecule has 1 aromatic heterocycles. The second kappa shape index (κ2) is 8.00. The highest BCUT2D eigenvalue weighted by atomic mass is 35.5. The molecule has 0 aliphatic carbocycles. The smallest absolute Gasteiger partial charge is 0.420 e. The van der Waals surface area contributed by atoms with Crippen LogP contribution in [-0.4, -0.2) is 48.7 Å². The highest BCUT2D eigenvalue weighted by Gasteiger charge is 2.23. The molecule has 0 radical (unpaired) electrons. The van der Waals surface area contributed by atoms with Gasteiger partial charge in [-0.2, -0.15) is 0 Å². The zero-order chi connectivity index (χ0) is 20.5. The van der Waals surface area contributed by atoms with Gasteiger partial charge in [0.15, 0.2) is 5.58 Å². The van der Waals surface area contributed by atoms with Gasteiger partial charge in [-0.25, -0.2) is 4.79 Å². The average Bonchev–Trinajstić information content (AvgIpc) is 3.03. The van der Waals surface area contributed by atoms with Crippen LogP contribution in [0.4, 0.5) is 5.69 Å². The quantitative estimate of drug-likeness (QED) is 0.628. The highest BCUT2D eigenvalue weighted by Crippen LogP contribution is 2.29. The van der Waals surface area contributed by atoms with E-state index in [1.807, 2.05) is 12.1 Å². The Balaban J connectivity index is 1.44. The summed E-state index contributed by atoms with van der Waals surface area (Å²) < 4.78 is 11.8. The lowest BCUT2D eigenvalue weighted by Crippen LogP contribution is -2.50. The molecule has 1 aliphatic heterocycles. The van der Waals surface area contributed by atoms with Gasteiger partial charge in [0, 0.05) is 43.0 Å². The molecule has 4 rings (SSSR count). The fourth-order valence-corrected chi connectivity index (χ4v) is 3.84. The van der Waals surface area contributed by atoms with Gasteiger partial charge >= 0.3 is 5.76 Å². The summed E-state index contributed by atoms with van der Waals surface area (Å²) in [5, 5.41) is 1.04. The number of carbonyl (C=O) groups excluding carboxylic acids is 1. The van der Waals surface area contributed by atoms with Crippen molar-refractivity contribution in [3.05, 3.63) is 57.0 Å². The van der Waals surface area contributed by atoms with E-state index in [1.165, 1.54) is 4.57 Å². The number of fused-ring (bicyclic) bond motifs is 1. The number of rotatable bonds is 4. The first-order chi connectivity index (χ1) is 14.0. The van der Waals surface area contributed by atoms with Gasteiger partial charge in [-0.3, -0.25) is 9.36 Å². The molecule has 0 unspecified atom stereocenters. The summed E-state index contributed by atoms with van der Waals surface area (Å²) in [7, 11) is 1.58. The Hall–Kier alpha value is -2.64. The van der Waals surface area contributed by atoms with Crippen molar-refractivity contribution in [3.8, 4) is 5.75 Å². The van der Waals surface area contributed by atoms with Crippen molar-refractivity contribution in [1.82, 2.24) is 9.47 Å². The van der Waals surface area contributed by atoms with E-state index >= 15 is 0 Å². The zero-order valence-electron chi connectivity index (χ0n) is 15.7. The molecule has 9 heteroatoms.